The van der Waals surface area contributed by atoms with Crippen molar-refractivity contribution in [2.24, 2.45) is 23.9 Å². The number of anilines is 1. The van der Waals surface area contributed by atoms with Gasteiger partial charge in [-0.2, -0.15) is 10.1 Å². The Morgan fingerprint density at radius 2 is 1.85 bits per heavy atom. The molecule has 0 saturated carbocycles. The lowest BCUT2D eigenvalue weighted by Crippen LogP contribution is -2.45. The maximum Gasteiger partial charge on any atom is 0.268 e. The molecular weight excluding hydrogens is 535 g/mol. The molecule has 3 aromatic heterocycles. The average molecular weight is 561 g/mol. The van der Waals surface area contributed by atoms with E-state index in [9.17, 15) is 4.79 Å². The first-order chi connectivity index (χ1) is 18.8. The van der Waals surface area contributed by atoms with Crippen LogP contribution in [0.3, 0.4) is 0 Å². The number of piperidine rings is 1. The van der Waals surface area contributed by atoms with Crippen molar-refractivity contribution in [3.8, 4) is 11.1 Å². The second kappa shape index (κ2) is 8.67. The predicted octanol–water partition coefficient (Wildman–Crippen LogP) is 4.76. The number of nitrogens with two attached hydrogens (primary N) is 2. The van der Waals surface area contributed by atoms with Gasteiger partial charge in [-0.15, -0.1) is 0 Å². The number of hydrogen-bond donors (Lipinski definition) is 3. The lowest BCUT2D eigenvalue weighted by atomic mass is 9.73. The van der Waals surface area contributed by atoms with Crippen LogP contribution in [0.4, 0.5) is 5.95 Å². The summed E-state index contributed by atoms with van der Waals surface area (Å²) in [6.45, 7) is 1.47. The highest BCUT2D eigenvalue weighted by Gasteiger charge is 2.46. The van der Waals surface area contributed by atoms with Gasteiger partial charge >= 0.3 is 0 Å². The molecule has 5 N–H and O–H groups in total. The van der Waals surface area contributed by atoms with Gasteiger partial charge < -0.3 is 21.4 Å². The summed E-state index contributed by atoms with van der Waals surface area (Å²) in [6, 6.07) is 12.2. The van der Waals surface area contributed by atoms with Gasteiger partial charge in [-0.25, -0.2) is 4.98 Å². The summed E-state index contributed by atoms with van der Waals surface area (Å²) in [5.74, 6) is -0.164. The number of hydrogen-bond acceptors (Lipinski definition) is 6. The summed E-state index contributed by atoms with van der Waals surface area (Å²) in [7, 11) is 1.76. The highest BCUT2D eigenvalue weighted by Crippen LogP contribution is 2.51. The van der Waals surface area contributed by atoms with Crippen LogP contribution in [0.5, 0.6) is 0 Å². The number of aromatic amines is 1. The second-order valence-electron chi connectivity index (χ2n) is 10.6. The van der Waals surface area contributed by atoms with Crippen molar-refractivity contribution in [2.75, 3.05) is 18.0 Å². The highest BCUT2D eigenvalue weighted by atomic mass is 35.5. The Morgan fingerprint density at radius 1 is 1.08 bits per heavy atom. The zero-order chi connectivity index (χ0) is 27.1. The van der Waals surface area contributed by atoms with Crippen LogP contribution in [-0.2, 0) is 13.5 Å². The zero-order valence-corrected chi connectivity index (χ0v) is 22.7. The average Bonchev–Trinajstić information content (AvgIpc) is 3.57. The van der Waals surface area contributed by atoms with Gasteiger partial charge in [0.15, 0.2) is 0 Å². The second-order valence-corrected chi connectivity index (χ2v) is 11.3. The summed E-state index contributed by atoms with van der Waals surface area (Å²) in [6.07, 6.45) is 4.57. The predicted molar refractivity (Wildman–Crippen MR) is 153 cm³/mol. The molecule has 1 atom stereocenters. The number of primary amides is 1. The molecule has 2 aromatic carbocycles. The summed E-state index contributed by atoms with van der Waals surface area (Å²) in [4.78, 5) is 27.5. The van der Waals surface area contributed by atoms with Crippen molar-refractivity contribution >= 4 is 57.0 Å². The number of rotatable bonds is 3. The molecule has 39 heavy (non-hydrogen) atoms. The minimum Gasteiger partial charge on any atom is -0.364 e. The first-order valence-electron chi connectivity index (χ1n) is 12.9. The van der Waals surface area contributed by atoms with Gasteiger partial charge in [0.1, 0.15) is 16.5 Å². The monoisotopic (exact) mass is 560 g/mol. The van der Waals surface area contributed by atoms with Gasteiger partial charge in [-0.05, 0) is 41.9 Å². The number of aryl methyl sites for hydroxylation is 1. The summed E-state index contributed by atoms with van der Waals surface area (Å²) < 4.78 is 1.57. The van der Waals surface area contributed by atoms with Crippen molar-refractivity contribution in [3.05, 3.63) is 69.6 Å². The lowest BCUT2D eigenvalue weighted by molar-refractivity contribution is 0.0997. The Hall–Kier alpha value is -3.66. The summed E-state index contributed by atoms with van der Waals surface area (Å²) in [5, 5.41) is 6.41. The number of carbonyl (C=O) groups is 1. The fourth-order valence-corrected chi connectivity index (χ4v) is 7.06. The zero-order valence-electron chi connectivity index (χ0n) is 21.2. The molecule has 9 nitrogen and oxygen atoms in total. The Labute approximate surface area is 234 Å². The Bertz CT molecular complexity index is 1800. The van der Waals surface area contributed by atoms with Crippen LogP contribution in [0.2, 0.25) is 10.2 Å². The number of carbonyl (C=O) groups excluding carboxylic acids is 1. The van der Waals surface area contributed by atoms with E-state index in [2.05, 4.69) is 44.2 Å². The first-order valence-corrected chi connectivity index (χ1v) is 13.6. The van der Waals surface area contributed by atoms with E-state index in [1.165, 1.54) is 11.1 Å². The van der Waals surface area contributed by atoms with Crippen molar-refractivity contribution in [3.63, 3.8) is 0 Å². The normalized spacial score (nSPS) is 18.4. The third-order valence-electron chi connectivity index (χ3n) is 8.55. The van der Waals surface area contributed by atoms with Crippen LogP contribution in [0, 0.1) is 5.41 Å². The molecule has 1 aliphatic carbocycles. The van der Waals surface area contributed by atoms with Crippen LogP contribution in [0.25, 0.3) is 33.1 Å². The van der Waals surface area contributed by atoms with E-state index in [-0.39, 0.29) is 17.2 Å². The number of halogens is 2. The Morgan fingerprint density at radius 3 is 2.59 bits per heavy atom. The number of fused-ring (bicyclic) bond motifs is 3. The highest BCUT2D eigenvalue weighted by molar-refractivity contribution is 6.43. The van der Waals surface area contributed by atoms with Gasteiger partial charge in [0, 0.05) is 43.5 Å². The smallest absolute Gasteiger partial charge is 0.268 e. The number of benzene rings is 2. The van der Waals surface area contributed by atoms with Crippen molar-refractivity contribution in [1.29, 1.82) is 0 Å². The van der Waals surface area contributed by atoms with E-state index in [4.69, 9.17) is 39.7 Å². The fraction of sp³-hybridized carbons (Fsp3) is 0.286. The minimum atomic E-state index is -0.636. The molecule has 1 aliphatic heterocycles. The third kappa shape index (κ3) is 3.57. The van der Waals surface area contributed by atoms with Gasteiger partial charge in [-0.1, -0.05) is 53.5 Å². The number of nitrogens with one attached hydrogen (secondary N) is 1. The molecule has 198 valence electrons. The van der Waals surface area contributed by atoms with E-state index in [0.29, 0.717) is 49.2 Å². The number of nitrogens with zero attached hydrogens (tertiary/aromatic N) is 5. The van der Waals surface area contributed by atoms with Crippen LogP contribution < -0.4 is 16.4 Å². The van der Waals surface area contributed by atoms with Gasteiger partial charge in [-0.3, -0.25) is 9.48 Å². The van der Waals surface area contributed by atoms with Gasteiger partial charge in [0.05, 0.1) is 21.3 Å². The lowest BCUT2D eigenvalue weighted by Gasteiger charge is -2.42. The molecule has 0 radical (unpaired) electrons. The molecule has 1 spiro atoms. The maximum absolute atomic E-state index is 12.7. The minimum absolute atomic E-state index is 0.0156. The molecule has 11 heteroatoms. The van der Waals surface area contributed by atoms with E-state index in [1.807, 2.05) is 12.1 Å². The molecule has 7 rings (SSSR count). The van der Waals surface area contributed by atoms with E-state index in [1.54, 1.807) is 17.9 Å². The molecule has 0 bridgehead atoms. The standard InChI is InChI=1S/C28H26Cl2N8O/c1-37-24(30)20-18(36-37)7-6-16(21(20)29)17-13-33-26-19(17)22(25(32)39)34-27(35-26)38-10-8-28(9-11-38)12-14-4-2-3-5-15(14)23(28)31/h2-7,13,23H,8-12,31H2,1H3,(H2,32,39)(H,33,34,35). The topological polar surface area (TPSA) is 132 Å². The Kier molecular flexibility index (Phi) is 5.42. The number of H-pyrrole nitrogens is 1. The van der Waals surface area contributed by atoms with Crippen LogP contribution in [-0.4, -0.2) is 43.7 Å². The van der Waals surface area contributed by atoms with E-state index in [0.717, 1.165) is 32.4 Å². The Balaban J connectivity index is 1.25. The summed E-state index contributed by atoms with van der Waals surface area (Å²) >= 11 is 13.3. The number of aromatic nitrogens is 5. The van der Waals surface area contributed by atoms with Gasteiger partial charge in [0.25, 0.3) is 5.91 Å². The first kappa shape index (κ1) is 24.4. The van der Waals surface area contributed by atoms with E-state index < -0.39 is 5.91 Å². The largest absolute Gasteiger partial charge is 0.364 e. The molecule has 1 saturated heterocycles. The van der Waals surface area contributed by atoms with Crippen LogP contribution >= 0.6 is 23.2 Å². The van der Waals surface area contributed by atoms with E-state index >= 15 is 0 Å². The molecule has 1 unspecified atom stereocenters. The van der Waals surface area contributed by atoms with Gasteiger partial charge in [0.2, 0.25) is 5.95 Å². The molecule has 2 aliphatic rings. The molecular formula is C28H26Cl2N8O. The van der Waals surface area contributed by atoms with Crippen molar-refractivity contribution in [1.82, 2.24) is 24.7 Å². The molecule has 1 amide bonds. The quantitative estimate of drug-likeness (QED) is 0.291. The van der Waals surface area contributed by atoms with Crippen molar-refractivity contribution in [2.45, 2.75) is 25.3 Å². The maximum atomic E-state index is 12.7. The fourth-order valence-electron chi connectivity index (χ4n) is 6.43. The molecule has 5 aromatic rings. The SMILES string of the molecule is Cn1nc2ccc(-c3c[nH]c4nc(N5CCC6(CC5)Cc5ccccc5C6N)nc(C(N)=O)c34)c(Cl)c2c1Cl. The van der Waals surface area contributed by atoms with Crippen LogP contribution in [0.1, 0.15) is 40.5 Å². The molecule has 4 heterocycles. The van der Waals surface area contributed by atoms with Crippen LogP contribution in [0.15, 0.2) is 42.6 Å². The summed E-state index contributed by atoms with van der Waals surface area (Å²) in [5.41, 5.74) is 17.9. The van der Waals surface area contributed by atoms with Crippen molar-refractivity contribution < 1.29 is 4.79 Å². The third-order valence-corrected chi connectivity index (χ3v) is 9.37. The number of amides is 1. The molecule has 1 fully saturated rings.